The molecule has 1 aliphatic rings. The van der Waals surface area contributed by atoms with Gasteiger partial charge < -0.3 is 9.64 Å². The molecule has 3 rings (SSSR count). The minimum absolute atomic E-state index is 0.212. The van der Waals surface area contributed by atoms with Crippen molar-refractivity contribution in [3.63, 3.8) is 0 Å². The van der Waals surface area contributed by atoms with Crippen molar-refractivity contribution in [3.05, 3.63) is 76.7 Å². The van der Waals surface area contributed by atoms with Crippen molar-refractivity contribution in [2.45, 2.75) is 6.04 Å². The van der Waals surface area contributed by atoms with Gasteiger partial charge in [-0.15, -0.1) is 0 Å². The van der Waals surface area contributed by atoms with Crippen LogP contribution in [-0.2, 0) is 19.4 Å². The molecule has 1 amide bonds. The van der Waals surface area contributed by atoms with Crippen molar-refractivity contribution in [1.29, 1.82) is 0 Å². The SMILES string of the molecule is O=C(OCC(=O)N(c1ccccc1)C1C=CS(=O)(=O)C1)c1cccc(Cl)c1. The Kier molecular flexibility index (Phi) is 5.62. The summed E-state index contributed by atoms with van der Waals surface area (Å²) in [6.07, 6.45) is 1.46. The fraction of sp³-hybridized carbons (Fsp3) is 0.158. The van der Waals surface area contributed by atoms with E-state index in [1.807, 2.05) is 0 Å². The first-order valence-corrected chi connectivity index (χ1v) is 10.2. The summed E-state index contributed by atoms with van der Waals surface area (Å²) in [5.74, 6) is -1.42. The standard InChI is InChI=1S/C19H16ClNO5S/c20-15-6-4-5-14(11-15)19(23)26-12-18(22)21(16-7-2-1-3-8-16)17-9-10-27(24,25)13-17/h1-11,17H,12-13H2. The van der Waals surface area contributed by atoms with Gasteiger partial charge in [0, 0.05) is 16.1 Å². The molecule has 1 heterocycles. The van der Waals surface area contributed by atoms with Crippen molar-refractivity contribution in [3.8, 4) is 0 Å². The van der Waals surface area contributed by atoms with Crippen LogP contribution in [0.4, 0.5) is 5.69 Å². The van der Waals surface area contributed by atoms with Gasteiger partial charge in [-0.25, -0.2) is 13.2 Å². The molecule has 0 fully saturated rings. The van der Waals surface area contributed by atoms with Gasteiger partial charge in [-0.2, -0.15) is 0 Å². The lowest BCUT2D eigenvalue weighted by atomic mass is 10.2. The molecule has 0 bridgehead atoms. The van der Waals surface area contributed by atoms with E-state index in [2.05, 4.69) is 0 Å². The molecule has 0 radical (unpaired) electrons. The Bertz CT molecular complexity index is 988. The van der Waals surface area contributed by atoms with Gasteiger partial charge in [-0.1, -0.05) is 35.9 Å². The fourth-order valence-electron chi connectivity index (χ4n) is 2.72. The number of carbonyl (C=O) groups excluding carboxylic acids is 2. The third-order valence-corrected chi connectivity index (χ3v) is 5.55. The zero-order valence-corrected chi connectivity index (χ0v) is 15.7. The molecule has 8 heteroatoms. The van der Waals surface area contributed by atoms with Gasteiger partial charge >= 0.3 is 5.97 Å². The second-order valence-electron chi connectivity index (χ2n) is 5.91. The van der Waals surface area contributed by atoms with E-state index in [1.54, 1.807) is 42.5 Å². The van der Waals surface area contributed by atoms with E-state index in [-0.39, 0.29) is 11.3 Å². The normalized spacial score (nSPS) is 17.4. The van der Waals surface area contributed by atoms with Crippen LogP contribution in [0.5, 0.6) is 0 Å². The highest BCUT2D eigenvalue weighted by atomic mass is 35.5. The van der Waals surface area contributed by atoms with Crippen LogP contribution in [0.15, 0.2) is 66.1 Å². The quantitative estimate of drug-likeness (QED) is 0.714. The molecule has 27 heavy (non-hydrogen) atoms. The largest absolute Gasteiger partial charge is 0.452 e. The van der Waals surface area contributed by atoms with Crippen molar-refractivity contribution in [1.82, 2.24) is 0 Å². The minimum atomic E-state index is -3.36. The van der Waals surface area contributed by atoms with Crippen LogP contribution in [0.1, 0.15) is 10.4 Å². The van der Waals surface area contributed by atoms with E-state index in [0.29, 0.717) is 10.7 Å². The molecule has 0 N–H and O–H groups in total. The van der Waals surface area contributed by atoms with Crippen LogP contribution in [0, 0.1) is 0 Å². The average Bonchev–Trinajstić information content (AvgIpc) is 3.00. The predicted molar refractivity (Wildman–Crippen MR) is 102 cm³/mol. The summed E-state index contributed by atoms with van der Waals surface area (Å²) < 4.78 is 28.6. The lowest BCUT2D eigenvalue weighted by Crippen LogP contribution is -2.43. The molecule has 2 aromatic carbocycles. The van der Waals surface area contributed by atoms with E-state index >= 15 is 0 Å². The first kappa shape index (κ1) is 19.1. The summed E-state index contributed by atoms with van der Waals surface area (Å²) in [6.45, 7) is -0.523. The lowest BCUT2D eigenvalue weighted by Gasteiger charge is -2.27. The summed E-state index contributed by atoms with van der Waals surface area (Å²) >= 11 is 5.85. The Hall–Kier alpha value is -2.64. The molecule has 0 saturated heterocycles. The van der Waals surface area contributed by atoms with E-state index in [4.69, 9.17) is 16.3 Å². The number of hydrogen-bond acceptors (Lipinski definition) is 5. The highest BCUT2D eigenvalue weighted by Crippen LogP contribution is 2.23. The lowest BCUT2D eigenvalue weighted by molar-refractivity contribution is -0.121. The number of amides is 1. The summed E-state index contributed by atoms with van der Waals surface area (Å²) in [4.78, 5) is 26.2. The predicted octanol–water partition coefficient (Wildman–Crippen LogP) is 2.84. The molecule has 2 aromatic rings. The van der Waals surface area contributed by atoms with Crippen LogP contribution < -0.4 is 4.90 Å². The zero-order valence-electron chi connectivity index (χ0n) is 14.1. The molecular formula is C19H16ClNO5S. The van der Waals surface area contributed by atoms with Gasteiger partial charge in [0.15, 0.2) is 16.4 Å². The van der Waals surface area contributed by atoms with E-state index in [0.717, 1.165) is 5.41 Å². The second kappa shape index (κ2) is 7.94. The molecule has 1 atom stereocenters. The van der Waals surface area contributed by atoms with Gasteiger partial charge in [0.05, 0.1) is 17.4 Å². The third-order valence-electron chi connectivity index (χ3n) is 3.93. The topological polar surface area (TPSA) is 80.8 Å². The number of hydrogen-bond donors (Lipinski definition) is 0. The average molecular weight is 406 g/mol. The van der Waals surface area contributed by atoms with Crippen LogP contribution in [0.3, 0.4) is 0 Å². The molecule has 6 nitrogen and oxygen atoms in total. The van der Waals surface area contributed by atoms with Gasteiger partial charge in [0.25, 0.3) is 5.91 Å². The smallest absolute Gasteiger partial charge is 0.338 e. The van der Waals surface area contributed by atoms with Crippen molar-refractivity contribution >= 4 is 39.0 Å². The Balaban J connectivity index is 1.76. The maximum atomic E-state index is 12.7. The number of para-hydroxylation sites is 1. The fourth-order valence-corrected chi connectivity index (χ4v) is 4.18. The van der Waals surface area contributed by atoms with Crippen molar-refractivity contribution in [2.24, 2.45) is 0 Å². The summed E-state index contributed by atoms with van der Waals surface area (Å²) in [7, 11) is -3.36. The Morgan fingerprint density at radius 3 is 2.48 bits per heavy atom. The molecule has 0 spiro atoms. The van der Waals surface area contributed by atoms with E-state index < -0.39 is 34.4 Å². The third kappa shape index (κ3) is 4.75. The number of nitrogens with zero attached hydrogens (tertiary/aromatic N) is 1. The van der Waals surface area contributed by atoms with Gasteiger partial charge in [0.1, 0.15) is 0 Å². The van der Waals surface area contributed by atoms with Gasteiger partial charge in [-0.3, -0.25) is 4.79 Å². The van der Waals surface area contributed by atoms with Crippen LogP contribution >= 0.6 is 11.6 Å². The zero-order chi connectivity index (χ0) is 19.4. The Morgan fingerprint density at radius 2 is 1.85 bits per heavy atom. The van der Waals surface area contributed by atoms with E-state index in [9.17, 15) is 18.0 Å². The van der Waals surface area contributed by atoms with E-state index in [1.165, 1.54) is 23.1 Å². The number of ether oxygens (including phenoxy) is 1. The second-order valence-corrected chi connectivity index (χ2v) is 8.28. The molecule has 0 saturated carbocycles. The first-order valence-electron chi connectivity index (χ1n) is 8.06. The molecule has 1 unspecified atom stereocenters. The summed E-state index contributed by atoms with van der Waals surface area (Å²) in [5, 5.41) is 1.47. The first-order chi connectivity index (χ1) is 12.9. The molecule has 0 aliphatic carbocycles. The van der Waals surface area contributed by atoms with Gasteiger partial charge in [-0.05, 0) is 36.4 Å². The number of rotatable bonds is 5. The van der Waals surface area contributed by atoms with Gasteiger partial charge in [0.2, 0.25) is 0 Å². The Morgan fingerprint density at radius 1 is 1.11 bits per heavy atom. The molecule has 0 aromatic heterocycles. The maximum absolute atomic E-state index is 12.7. The Labute approximate surface area is 161 Å². The van der Waals surface area contributed by atoms with Crippen LogP contribution in [0.2, 0.25) is 5.02 Å². The maximum Gasteiger partial charge on any atom is 0.338 e. The highest BCUT2D eigenvalue weighted by molar-refractivity contribution is 7.94. The monoisotopic (exact) mass is 405 g/mol. The van der Waals surface area contributed by atoms with Crippen LogP contribution in [-0.4, -0.2) is 38.7 Å². The molecular weight excluding hydrogens is 390 g/mol. The molecule has 140 valence electrons. The number of esters is 1. The van der Waals surface area contributed by atoms with Crippen molar-refractivity contribution < 1.29 is 22.7 Å². The number of carbonyl (C=O) groups is 2. The minimum Gasteiger partial charge on any atom is -0.452 e. The number of sulfone groups is 1. The van der Waals surface area contributed by atoms with Crippen LogP contribution in [0.25, 0.3) is 0 Å². The van der Waals surface area contributed by atoms with Crippen molar-refractivity contribution in [2.75, 3.05) is 17.3 Å². The molecule has 1 aliphatic heterocycles. The summed E-state index contributed by atoms with van der Waals surface area (Å²) in [6, 6.07) is 14.2. The summed E-state index contributed by atoms with van der Waals surface area (Å²) in [5.41, 5.74) is 0.748. The number of benzene rings is 2. The highest BCUT2D eigenvalue weighted by Gasteiger charge is 2.31. The number of anilines is 1. The number of halogens is 1.